The van der Waals surface area contributed by atoms with Gasteiger partial charge < -0.3 is 14.8 Å². The number of hydrogen-bond donors (Lipinski definition) is 1. The van der Waals surface area contributed by atoms with E-state index in [9.17, 15) is 0 Å². The number of rotatable bonds is 7. The number of halogens is 3. The van der Waals surface area contributed by atoms with Gasteiger partial charge in [0.15, 0.2) is 11.5 Å². The molecule has 6 heteroatoms. The number of anilines is 1. The maximum atomic E-state index is 6.53. The molecule has 0 aromatic heterocycles. The van der Waals surface area contributed by atoms with Crippen LogP contribution in [0, 0.1) is 0 Å². The van der Waals surface area contributed by atoms with Crippen molar-refractivity contribution in [3.8, 4) is 11.5 Å². The molecular formula is C25H20Cl3NO2. The van der Waals surface area contributed by atoms with Crippen LogP contribution < -0.4 is 14.8 Å². The van der Waals surface area contributed by atoms with Crippen LogP contribution in [0.3, 0.4) is 0 Å². The van der Waals surface area contributed by atoms with Gasteiger partial charge in [-0.2, -0.15) is 0 Å². The Kier molecular flexibility index (Phi) is 6.77. The van der Waals surface area contributed by atoms with Gasteiger partial charge in [-0.15, -0.1) is 0 Å². The van der Waals surface area contributed by atoms with Gasteiger partial charge >= 0.3 is 0 Å². The topological polar surface area (TPSA) is 30.5 Å². The standard InChI is InChI=1S/C25H20Cl3NO2/c1-30-24-12-16(14-29-23-8-4-6-17-5-2-3-7-20(17)23)11-22(28)25(24)31-15-18-9-10-19(26)13-21(18)27/h2-13,29H,14-15H2,1H3. The molecule has 4 aromatic rings. The Hall–Kier alpha value is -2.59. The zero-order chi connectivity index (χ0) is 21.8. The largest absolute Gasteiger partial charge is 0.493 e. The lowest BCUT2D eigenvalue weighted by Crippen LogP contribution is -2.03. The summed E-state index contributed by atoms with van der Waals surface area (Å²) in [6, 6.07) is 23.5. The SMILES string of the molecule is COc1cc(CNc2cccc3ccccc23)cc(Cl)c1OCc1ccc(Cl)cc1Cl. The molecule has 0 aliphatic heterocycles. The van der Waals surface area contributed by atoms with Crippen LogP contribution in [0.5, 0.6) is 11.5 Å². The molecule has 0 amide bonds. The van der Waals surface area contributed by atoms with Gasteiger partial charge in [0.25, 0.3) is 0 Å². The first kappa shape index (κ1) is 21.6. The maximum absolute atomic E-state index is 6.53. The van der Waals surface area contributed by atoms with Crippen LogP contribution in [0.15, 0.2) is 72.8 Å². The average Bonchev–Trinajstić information content (AvgIpc) is 2.77. The highest BCUT2D eigenvalue weighted by Gasteiger charge is 2.14. The molecule has 4 aromatic carbocycles. The summed E-state index contributed by atoms with van der Waals surface area (Å²) in [5.74, 6) is 1.04. The van der Waals surface area contributed by atoms with Gasteiger partial charge in [-0.05, 0) is 41.3 Å². The fourth-order valence-corrected chi connectivity index (χ4v) is 4.13. The van der Waals surface area contributed by atoms with Crippen molar-refractivity contribution in [2.24, 2.45) is 0 Å². The zero-order valence-electron chi connectivity index (χ0n) is 16.8. The van der Waals surface area contributed by atoms with Crippen LogP contribution in [-0.4, -0.2) is 7.11 Å². The molecule has 0 radical (unpaired) electrons. The molecule has 0 heterocycles. The summed E-state index contributed by atoms with van der Waals surface area (Å²) in [5.41, 5.74) is 2.85. The second-order valence-electron chi connectivity index (χ2n) is 7.01. The highest BCUT2D eigenvalue weighted by molar-refractivity contribution is 6.35. The lowest BCUT2D eigenvalue weighted by Gasteiger charge is -2.16. The number of benzene rings is 4. The van der Waals surface area contributed by atoms with E-state index in [4.69, 9.17) is 44.3 Å². The number of fused-ring (bicyclic) bond motifs is 1. The summed E-state index contributed by atoms with van der Waals surface area (Å²) in [7, 11) is 1.59. The summed E-state index contributed by atoms with van der Waals surface area (Å²) < 4.78 is 11.5. The molecule has 3 nitrogen and oxygen atoms in total. The predicted octanol–water partition coefficient (Wildman–Crippen LogP) is 8.00. The molecule has 0 aliphatic carbocycles. The highest BCUT2D eigenvalue weighted by atomic mass is 35.5. The maximum Gasteiger partial charge on any atom is 0.180 e. The minimum Gasteiger partial charge on any atom is -0.493 e. The predicted molar refractivity (Wildman–Crippen MR) is 130 cm³/mol. The van der Waals surface area contributed by atoms with Gasteiger partial charge in [0, 0.05) is 33.2 Å². The normalized spacial score (nSPS) is 10.8. The molecule has 0 fully saturated rings. The van der Waals surface area contributed by atoms with Crippen molar-refractivity contribution in [1.29, 1.82) is 0 Å². The van der Waals surface area contributed by atoms with Crippen molar-refractivity contribution in [2.75, 3.05) is 12.4 Å². The fraction of sp³-hybridized carbons (Fsp3) is 0.120. The van der Waals surface area contributed by atoms with E-state index >= 15 is 0 Å². The quantitative estimate of drug-likeness (QED) is 0.295. The van der Waals surface area contributed by atoms with Crippen LogP contribution in [0.4, 0.5) is 5.69 Å². The Morgan fingerprint density at radius 2 is 1.65 bits per heavy atom. The van der Waals surface area contributed by atoms with Gasteiger partial charge in [-0.1, -0.05) is 77.3 Å². The van der Waals surface area contributed by atoms with Crippen molar-refractivity contribution < 1.29 is 9.47 Å². The van der Waals surface area contributed by atoms with Gasteiger partial charge in [0.05, 0.1) is 12.1 Å². The Labute approximate surface area is 196 Å². The summed E-state index contributed by atoms with van der Waals surface area (Å²) in [4.78, 5) is 0. The smallest absolute Gasteiger partial charge is 0.180 e. The number of methoxy groups -OCH3 is 1. The third-order valence-electron chi connectivity index (χ3n) is 4.95. The van der Waals surface area contributed by atoms with Crippen LogP contribution in [0.2, 0.25) is 15.1 Å². The average molecular weight is 473 g/mol. The molecule has 4 rings (SSSR count). The Morgan fingerprint density at radius 3 is 2.45 bits per heavy atom. The molecule has 0 atom stereocenters. The Morgan fingerprint density at radius 1 is 0.839 bits per heavy atom. The van der Waals surface area contributed by atoms with E-state index in [-0.39, 0.29) is 6.61 Å². The summed E-state index contributed by atoms with van der Waals surface area (Å²) in [5, 5.41) is 7.43. The molecular weight excluding hydrogens is 453 g/mol. The van der Waals surface area contributed by atoms with Crippen LogP contribution in [-0.2, 0) is 13.2 Å². The third-order valence-corrected chi connectivity index (χ3v) is 5.82. The molecule has 0 bridgehead atoms. The van der Waals surface area contributed by atoms with Crippen molar-refractivity contribution in [3.63, 3.8) is 0 Å². The first-order chi connectivity index (χ1) is 15.0. The molecule has 0 saturated carbocycles. The third kappa shape index (κ3) is 5.01. The lowest BCUT2D eigenvalue weighted by molar-refractivity contribution is 0.284. The fourth-order valence-electron chi connectivity index (χ4n) is 3.38. The summed E-state index contributed by atoms with van der Waals surface area (Å²) in [6.07, 6.45) is 0. The Bertz CT molecular complexity index is 1220. The van der Waals surface area contributed by atoms with E-state index in [0.717, 1.165) is 16.8 Å². The molecule has 1 N–H and O–H groups in total. The van der Waals surface area contributed by atoms with Crippen molar-refractivity contribution in [1.82, 2.24) is 0 Å². The van der Waals surface area contributed by atoms with Crippen molar-refractivity contribution in [2.45, 2.75) is 13.2 Å². The molecule has 158 valence electrons. The number of nitrogens with one attached hydrogen (secondary N) is 1. The van der Waals surface area contributed by atoms with E-state index in [1.807, 2.05) is 36.4 Å². The number of hydrogen-bond acceptors (Lipinski definition) is 3. The monoisotopic (exact) mass is 471 g/mol. The van der Waals surface area contributed by atoms with E-state index in [1.54, 1.807) is 19.2 Å². The number of ether oxygens (including phenoxy) is 2. The minimum atomic E-state index is 0.250. The molecule has 0 saturated heterocycles. The molecule has 0 aliphatic rings. The van der Waals surface area contributed by atoms with Crippen molar-refractivity contribution >= 4 is 51.3 Å². The lowest BCUT2D eigenvalue weighted by atomic mass is 10.1. The van der Waals surface area contributed by atoms with Crippen molar-refractivity contribution in [3.05, 3.63) is 99.0 Å². The summed E-state index contributed by atoms with van der Waals surface area (Å²) >= 11 is 18.7. The van der Waals surface area contributed by atoms with Crippen LogP contribution >= 0.6 is 34.8 Å². The van der Waals surface area contributed by atoms with E-state index in [1.165, 1.54) is 10.8 Å². The first-order valence-electron chi connectivity index (χ1n) is 9.70. The molecule has 0 unspecified atom stereocenters. The van der Waals surface area contributed by atoms with Gasteiger partial charge in [-0.25, -0.2) is 0 Å². The van der Waals surface area contributed by atoms with Crippen LogP contribution in [0.1, 0.15) is 11.1 Å². The Balaban J connectivity index is 1.52. The zero-order valence-corrected chi connectivity index (χ0v) is 19.1. The van der Waals surface area contributed by atoms with Gasteiger partial charge in [0.1, 0.15) is 6.61 Å². The van der Waals surface area contributed by atoms with Gasteiger partial charge in [-0.3, -0.25) is 0 Å². The second kappa shape index (κ2) is 9.69. The molecule has 31 heavy (non-hydrogen) atoms. The van der Waals surface area contributed by atoms with Crippen LogP contribution in [0.25, 0.3) is 10.8 Å². The van der Waals surface area contributed by atoms with Gasteiger partial charge in [0.2, 0.25) is 0 Å². The minimum absolute atomic E-state index is 0.250. The molecule has 0 spiro atoms. The second-order valence-corrected chi connectivity index (χ2v) is 8.26. The highest BCUT2D eigenvalue weighted by Crippen LogP contribution is 2.38. The summed E-state index contributed by atoms with van der Waals surface area (Å²) in [6.45, 7) is 0.840. The van der Waals surface area contributed by atoms with E-state index < -0.39 is 0 Å². The van der Waals surface area contributed by atoms with E-state index in [2.05, 4.69) is 29.6 Å². The van der Waals surface area contributed by atoms with E-state index in [0.29, 0.717) is 33.1 Å². The first-order valence-corrected chi connectivity index (χ1v) is 10.8.